The number of aromatic nitrogens is 4. The molecule has 4 rings (SSSR count). The van der Waals surface area contributed by atoms with Crippen LogP contribution in [-0.2, 0) is 4.79 Å². The van der Waals surface area contributed by atoms with E-state index in [1.54, 1.807) is 11.8 Å². The van der Waals surface area contributed by atoms with Crippen molar-refractivity contribution >= 4 is 11.7 Å². The summed E-state index contributed by atoms with van der Waals surface area (Å²) in [5, 5.41) is 3.82. The van der Waals surface area contributed by atoms with Gasteiger partial charge in [0.15, 0.2) is 6.10 Å². The Morgan fingerprint density at radius 3 is 2.57 bits per heavy atom. The number of carbonyl (C=O) groups excluding carboxylic acids is 1. The molecule has 1 atom stereocenters. The number of aryl methyl sites for hydroxylation is 1. The molecule has 30 heavy (non-hydrogen) atoms. The lowest BCUT2D eigenvalue weighted by Gasteiger charge is -2.33. The molecule has 2 aromatic heterocycles. The number of benzene rings is 1. The van der Waals surface area contributed by atoms with Crippen LogP contribution in [0.4, 0.5) is 8.78 Å². The third kappa shape index (κ3) is 4.10. The van der Waals surface area contributed by atoms with Crippen molar-refractivity contribution in [2.75, 3.05) is 13.1 Å². The standard InChI is InChI=1S/C21H23F2N5O2/c1-13-3-5-16(6-4-13)30-14(2)20(29)27-9-7-15(8-10-27)17-11-18(19(22)23)28-21(26-17)24-12-25-28/h3-6,11-12,14-15,19H,7-10H2,1-2H3/t14-/m1/s1. The summed E-state index contributed by atoms with van der Waals surface area (Å²) in [5.74, 6) is 0.729. The molecule has 0 N–H and O–H groups in total. The lowest BCUT2D eigenvalue weighted by molar-refractivity contribution is -0.139. The van der Waals surface area contributed by atoms with Crippen molar-refractivity contribution in [1.82, 2.24) is 24.5 Å². The van der Waals surface area contributed by atoms with E-state index < -0.39 is 12.5 Å². The van der Waals surface area contributed by atoms with Gasteiger partial charge in [-0.15, -0.1) is 0 Å². The van der Waals surface area contributed by atoms with Crippen LogP contribution in [0.5, 0.6) is 5.75 Å². The fourth-order valence-corrected chi connectivity index (χ4v) is 3.74. The van der Waals surface area contributed by atoms with Crippen LogP contribution in [0.3, 0.4) is 0 Å². The van der Waals surface area contributed by atoms with Crippen LogP contribution in [0.25, 0.3) is 5.78 Å². The maximum Gasteiger partial charge on any atom is 0.280 e. The first kappa shape index (κ1) is 20.2. The van der Waals surface area contributed by atoms with E-state index >= 15 is 0 Å². The minimum Gasteiger partial charge on any atom is -0.481 e. The van der Waals surface area contributed by atoms with Crippen LogP contribution in [0.15, 0.2) is 36.7 Å². The largest absolute Gasteiger partial charge is 0.481 e. The number of carbonyl (C=O) groups is 1. The van der Waals surface area contributed by atoms with Crippen molar-refractivity contribution in [3.8, 4) is 5.75 Å². The van der Waals surface area contributed by atoms with Gasteiger partial charge in [-0.05, 0) is 44.9 Å². The molecule has 1 aliphatic heterocycles. The third-order valence-corrected chi connectivity index (χ3v) is 5.43. The SMILES string of the molecule is Cc1ccc(O[C@H](C)C(=O)N2CCC(c3cc(C(F)F)n4ncnc4n3)CC2)cc1. The van der Waals surface area contributed by atoms with E-state index in [2.05, 4.69) is 15.1 Å². The van der Waals surface area contributed by atoms with E-state index in [0.717, 1.165) is 10.1 Å². The average Bonchev–Trinajstić information content (AvgIpc) is 3.22. The highest BCUT2D eigenvalue weighted by Gasteiger charge is 2.29. The minimum atomic E-state index is -2.67. The second kappa shape index (κ2) is 8.33. The van der Waals surface area contributed by atoms with Gasteiger partial charge in [0, 0.05) is 24.7 Å². The molecule has 1 aromatic carbocycles. The molecule has 0 saturated carbocycles. The van der Waals surface area contributed by atoms with Gasteiger partial charge in [0.2, 0.25) is 0 Å². The number of likely N-dealkylation sites (tertiary alicyclic amines) is 1. The van der Waals surface area contributed by atoms with Gasteiger partial charge in [-0.1, -0.05) is 17.7 Å². The number of halogens is 2. The summed E-state index contributed by atoms with van der Waals surface area (Å²) in [6.45, 7) is 4.77. The van der Waals surface area contributed by atoms with Crippen molar-refractivity contribution in [3.63, 3.8) is 0 Å². The molecule has 9 heteroatoms. The van der Waals surface area contributed by atoms with Crippen LogP contribution < -0.4 is 4.74 Å². The number of piperidine rings is 1. The van der Waals surface area contributed by atoms with Gasteiger partial charge < -0.3 is 9.64 Å². The summed E-state index contributed by atoms with van der Waals surface area (Å²) >= 11 is 0. The highest BCUT2D eigenvalue weighted by atomic mass is 19.3. The summed E-state index contributed by atoms with van der Waals surface area (Å²) in [7, 11) is 0. The summed E-state index contributed by atoms with van der Waals surface area (Å²) in [5.41, 5.74) is 1.48. The second-order valence-corrected chi connectivity index (χ2v) is 7.55. The first-order valence-corrected chi connectivity index (χ1v) is 9.93. The van der Waals surface area contributed by atoms with Crippen molar-refractivity contribution in [1.29, 1.82) is 0 Å². The Hall–Kier alpha value is -3.10. The molecule has 0 bridgehead atoms. The van der Waals surface area contributed by atoms with Crippen LogP contribution in [-0.4, -0.2) is 49.6 Å². The number of amides is 1. The first-order valence-electron chi connectivity index (χ1n) is 9.93. The Bertz CT molecular complexity index is 1030. The smallest absolute Gasteiger partial charge is 0.280 e. The minimum absolute atomic E-state index is 0.0124. The van der Waals surface area contributed by atoms with E-state index in [-0.39, 0.29) is 23.3 Å². The first-order chi connectivity index (χ1) is 14.4. The van der Waals surface area contributed by atoms with Gasteiger partial charge in [0.05, 0.1) is 0 Å². The van der Waals surface area contributed by atoms with Gasteiger partial charge >= 0.3 is 0 Å². The molecular formula is C21H23F2N5O2. The Labute approximate surface area is 172 Å². The molecule has 158 valence electrons. The van der Waals surface area contributed by atoms with E-state index in [1.165, 1.54) is 12.4 Å². The molecule has 1 aliphatic rings. The summed E-state index contributed by atoms with van der Waals surface area (Å²) in [6.07, 6.45) is -0.765. The van der Waals surface area contributed by atoms with E-state index in [9.17, 15) is 13.6 Å². The monoisotopic (exact) mass is 415 g/mol. The number of fused-ring (bicyclic) bond motifs is 1. The van der Waals surface area contributed by atoms with E-state index in [1.807, 2.05) is 31.2 Å². The summed E-state index contributed by atoms with van der Waals surface area (Å²) < 4.78 is 33.6. The lowest BCUT2D eigenvalue weighted by Crippen LogP contribution is -2.44. The van der Waals surface area contributed by atoms with Gasteiger partial charge in [-0.25, -0.2) is 13.8 Å². The molecule has 0 aliphatic carbocycles. The average molecular weight is 415 g/mol. The normalized spacial score (nSPS) is 16.2. The van der Waals surface area contributed by atoms with Crippen LogP contribution in [0.1, 0.15) is 49.1 Å². The predicted molar refractivity (Wildman–Crippen MR) is 106 cm³/mol. The Morgan fingerprint density at radius 2 is 1.90 bits per heavy atom. The zero-order valence-corrected chi connectivity index (χ0v) is 16.8. The maximum atomic E-state index is 13.4. The van der Waals surface area contributed by atoms with Crippen molar-refractivity contribution < 1.29 is 18.3 Å². The topological polar surface area (TPSA) is 72.6 Å². The van der Waals surface area contributed by atoms with Gasteiger partial charge in [-0.2, -0.15) is 14.6 Å². The van der Waals surface area contributed by atoms with Crippen LogP contribution in [0, 0.1) is 6.92 Å². The van der Waals surface area contributed by atoms with Crippen molar-refractivity contribution in [3.05, 3.63) is 53.6 Å². The summed E-state index contributed by atoms with van der Waals surface area (Å²) in [4.78, 5) is 22.9. The summed E-state index contributed by atoms with van der Waals surface area (Å²) in [6, 6.07) is 8.96. The number of hydrogen-bond donors (Lipinski definition) is 0. The molecule has 1 fully saturated rings. The number of nitrogens with zero attached hydrogens (tertiary/aromatic N) is 5. The molecule has 0 radical (unpaired) electrons. The lowest BCUT2D eigenvalue weighted by atomic mass is 9.92. The van der Waals surface area contributed by atoms with Gasteiger partial charge in [0.25, 0.3) is 18.1 Å². The van der Waals surface area contributed by atoms with Crippen LogP contribution >= 0.6 is 0 Å². The number of alkyl halides is 2. The molecule has 7 nitrogen and oxygen atoms in total. The van der Waals surface area contributed by atoms with Crippen molar-refractivity contribution in [2.45, 2.75) is 45.1 Å². The fourth-order valence-electron chi connectivity index (χ4n) is 3.74. The zero-order valence-electron chi connectivity index (χ0n) is 16.8. The number of rotatable bonds is 5. The molecule has 3 aromatic rings. The highest BCUT2D eigenvalue weighted by molar-refractivity contribution is 5.81. The quantitative estimate of drug-likeness (QED) is 0.637. The highest BCUT2D eigenvalue weighted by Crippen LogP contribution is 2.30. The van der Waals surface area contributed by atoms with Gasteiger partial charge in [-0.3, -0.25) is 4.79 Å². The second-order valence-electron chi connectivity index (χ2n) is 7.55. The fraction of sp³-hybridized carbons (Fsp3) is 0.429. The zero-order chi connectivity index (χ0) is 21.3. The Morgan fingerprint density at radius 1 is 1.20 bits per heavy atom. The Kier molecular flexibility index (Phi) is 5.61. The molecular weight excluding hydrogens is 392 g/mol. The maximum absolute atomic E-state index is 13.4. The predicted octanol–water partition coefficient (Wildman–Crippen LogP) is 3.54. The number of hydrogen-bond acceptors (Lipinski definition) is 5. The van der Waals surface area contributed by atoms with E-state index in [0.29, 0.717) is 37.4 Å². The molecule has 1 saturated heterocycles. The molecule has 1 amide bonds. The molecule has 0 spiro atoms. The van der Waals surface area contributed by atoms with Crippen LogP contribution in [0.2, 0.25) is 0 Å². The third-order valence-electron chi connectivity index (χ3n) is 5.43. The molecule has 3 heterocycles. The van der Waals surface area contributed by atoms with Gasteiger partial charge in [0.1, 0.15) is 17.8 Å². The van der Waals surface area contributed by atoms with E-state index in [4.69, 9.17) is 4.74 Å². The number of ether oxygens (including phenoxy) is 1. The van der Waals surface area contributed by atoms with Crippen molar-refractivity contribution in [2.24, 2.45) is 0 Å². The Balaban J connectivity index is 1.40. The molecule has 0 unspecified atom stereocenters.